The largest absolute Gasteiger partial charge is 0.310 e. The Morgan fingerprint density at radius 1 is 1.37 bits per heavy atom. The maximum Gasteiger partial charge on any atom is 0.229 e. The molecule has 1 unspecified atom stereocenters. The Kier molecular flexibility index (Phi) is 4.20. The molecule has 1 heterocycles. The fourth-order valence-electron chi connectivity index (χ4n) is 2.04. The molecule has 0 aliphatic carbocycles. The first-order valence-corrected chi connectivity index (χ1v) is 6.93. The van der Waals surface area contributed by atoms with Crippen molar-refractivity contribution in [2.75, 3.05) is 5.32 Å². The van der Waals surface area contributed by atoms with Gasteiger partial charge in [-0.1, -0.05) is 32.9 Å². The molecule has 2 rings (SSSR count). The highest BCUT2D eigenvalue weighted by atomic mass is 16.2. The van der Waals surface area contributed by atoms with Gasteiger partial charge >= 0.3 is 0 Å². The summed E-state index contributed by atoms with van der Waals surface area (Å²) in [5.74, 6) is 0.707. The van der Waals surface area contributed by atoms with E-state index < -0.39 is 0 Å². The molecule has 1 aromatic heterocycles. The van der Waals surface area contributed by atoms with Crippen LogP contribution in [0.4, 0.5) is 5.95 Å². The number of amides is 1. The van der Waals surface area contributed by atoms with E-state index in [2.05, 4.69) is 21.8 Å². The van der Waals surface area contributed by atoms with Gasteiger partial charge in [-0.3, -0.25) is 10.1 Å². The lowest BCUT2D eigenvalue weighted by Crippen LogP contribution is -2.22. The molecule has 1 atom stereocenters. The van der Waals surface area contributed by atoms with Crippen LogP contribution >= 0.6 is 0 Å². The molecule has 0 fully saturated rings. The summed E-state index contributed by atoms with van der Waals surface area (Å²) < 4.78 is 2.08. The van der Waals surface area contributed by atoms with Gasteiger partial charge in [-0.15, -0.1) is 0 Å². The molecule has 4 nitrogen and oxygen atoms in total. The van der Waals surface area contributed by atoms with Crippen molar-refractivity contribution in [2.45, 2.75) is 40.2 Å². The van der Waals surface area contributed by atoms with Crippen molar-refractivity contribution in [2.24, 2.45) is 5.92 Å². The van der Waals surface area contributed by atoms with Crippen LogP contribution in [0.15, 0.2) is 24.3 Å². The first-order valence-electron chi connectivity index (χ1n) is 6.93. The number of para-hydroxylation sites is 2. The Balaban J connectivity index is 2.36. The van der Waals surface area contributed by atoms with Crippen molar-refractivity contribution >= 4 is 22.9 Å². The number of rotatable bonds is 5. The maximum atomic E-state index is 12.0. The molecule has 102 valence electrons. The molecular formula is C15H21N3O. The summed E-state index contributed by atoms with van der Waals surface area (Å²) >= 11 is 0. The number of carbonyl (C=O) groups is 1. The molecule has 19 heavy (non-hydrogen) atoms. The van der Waals surface area contributed by atoms with E-state index in [4.69, 9.17) is 0 Å². The highest BCUT2D eigenvalue weighted by Gasteiger charge is 2.15. The van der Waals surface area contributed by atoms with Crippen LogP contribution in [-0.2, 0) is 11.3 Å². The summed E-state index contributed by atoms with van der Waals surface area (Å²) in [5.41, 5.74) is 2.00. The van der Waals surface area contributed by atoms with E-state index in [0.29, 0.717) is 5.95 Å². The van der Waals surface area contributed by atoms with Crippen LogP contribution in [0.1, 0.15) is 33.6 Å². The van der Waals surface area contributed by atoms with Crippen LogP contribution in [0.3, 0.4) is 0 Å². The molecule has 0 spiro atoms. The highest BCUT2D eigenvalue weighted by Crippen LogP contribution is 2.20. The van der Waals surface area contributed by atoms with E-state index in [1.54, 1.807) is 0 Å². The molecule has 1 aromatic carbocycles. The van der Waals surface area contributed by atoms with Crippen molar-refractivity contribution < 1.29 is 4.79 Å². The average Bonchev–Trinajstić information content (AvgIpc) is 2.76. The number of anilines is 1. The molecule has 2 aromatic rings. The Morgan fingerprint density at radius 2 is 2.11 bits per heavy atom. The smallest absolute Gasteiger partial charge is 0.229 e. The van der Waals surface area contributed by atoms with Gasteiger partial charge in [0.15, 0.2) is 0 Å². The molecule has 4 heteroatoms. The average molecular weight is 259 g/mol. The number of hydrogen-bond donors (Lipinski definition) is 1. The predicted octanol–water partition coefficient (Wildman–Crippen LogP) is 3.43. The molecule has 0 saturated carbocycles. The van der Waals surface area contributed by atoms with Gasteiger partial charge in [0.2, 0.25) is 11.9 Å². The SMILES string of the molecule is CCCn1c(NC(=O)C(C)CC)nc2ccccc21. The lowest BCUT2D eigenvalue weighted by atomic mass is 10.1. The fraction of sp³-hybridized carbons (Fsp3) is 0.467. The number of nitrogens with zero attached hydrogens (tertiary/aromatic N) is 2. The summed E-state index contributed by atoms with van der Waals surface area (Å²) in [7, 11) is 0. The van der Waals surface area contributed by atoms with Gasteiger partial charge in [0, 0.05) is 12.5 Å². The standard InChI is InChI=1S/C15H21N3O/c1-4-10-18-13-9-7-6-8-12(13)16-15(18)17-14(19)11(3)5-2/h6-9,11H,4-5,10H2,1-3H3,(H,16,17,19). The van der Waals surface area contributed by atoms with Gasteiger partial charge in [0.05, 0.1) is 11.0 Å². The second-order valence-corrected chi connectivity index (χ2v) is 4.87. The molecule has 0 saturated heterocycles. The molecule has 0 aliphatic heterocycles. The predicted molar refractivity (Wildman–Crippen MR) is 78.1 cm³/mol. The van der Waals surface area contributed by atoms with Gasteiger partial charge in [-0.2, -0.15) is 0 Å². The van der Waals surface area contributed by atoms with E-state index in [1.165, 1.54) is 0 Å². The molecule has 0 bridgehead atoms. The van der Waals surface area contributed by atoms with E-state index >= 15 is 0 Å². The zero-order chi connectivity index (χ0) is 13.8. The van der Waals surface area contributed by atoms with Gasteiger partial charge in [0.25, 0.3) is 0 Å². The van der Waals surface area contributed by atoms with Crippen LogP contribution in [0, 0.1) is 5.92 Å². The van der Waals surface area contributed by atoms with E-state index in [1.807, 2.05) is 38.1 Å². The normalized spacial score (nSPS) is 12.6. The third kappa shape index (κ3) is 2.78. The number of aryl methyl sites for hydroxylation is 1. The molecule has 0 radical (unpaired) electrons. The minimum atomic E-state index is 0.00916. The molecule has 0 aliphatic rings. The van der Waals surface area contributed by atoms with Crippen LogP contribution in [-0.4, -0.2) is 15.5 Å². The van der Waals surface area contributed by atoms with Crippen molar-refractivity contribution in [1.82, 2.24) is 9.55 Å². The number of carbonyl (C=O) groups excluding carboxylic acids is 1. The molecule has 1 N–H and O–H groups in total. The monoisotopic (exact) mass is 259 g/mol. The number of aromatic nitrogens is 2. The first-order chi connectivity index (χ1) is 9.17. The third-order valence-corrected chi connectivity index (χ3v) is 3.40. The zero-order valence-corrected chi connectivity index (χ0v) is 11.8. The number of imidazole rings is 1. The van der Waals surface area contributed by atoms with Crippen molar-refractivity contribution in [1.29, 1.82) is 0 Å². The van der Waals surface area contributed by atoms with Crippen LogP contribution in [0.5, 0.6) is 0 Å². The minimum absolute atomic E-state index is 0.00916. The van der Waals surface area contributed by atoms with Crippen LogP contribution < -0.4 is 5.32 Å². The Hall–Kier alpha value is -1.84. The number of hydrogen-bond acceptors (Lipinski definition) is 2. The lowest BCUT2D eigenvalue weighted by Gasteiger charge is -2.11. The van der Waals surface area contributed by atoms with E-state index in [0.717, 1.165) is 30.4 Å². The summed E-state index contributed by atoms with van der Waals surface area (Å²) in [6, 6.07) is 7.97. The van der Waals surface area contributed by atoms with Crippen LogP contribution in [0.25, 0.3) is 11.0 Å². The Morgan fingerprint density at radius 3 is 2.79 bits per heavy atom. The third-order valence-electron chi connectivity index (χ3n) is 3.40. The van der Waals surface area contributed by atoms with Crippen molar-refractivity contribution in [3.63, 3.8) is 0 Å². The van der Waals surface area contributed by atoms with Gasteiger partial charge in [0.1, 0.15) is 0 Å². The molecule has 1 amide bonds. The quantitative estimate of drug-likeness (QED) is 0.894. The minimum Gasteiger partial charge on any atom is -0.310 e. The topological polar surface area (TPSA) is 46.9 Å². The van der Waals surface area contributed by atoms with E-state index in [-0.39, 0.29) is 11.8 Å². The second-order valence-electron chi connectivity index (χ2n) is 4.87. The number of nitrogens with one attached hydrogen (secondary N) is 1. The van der Waals surface area contributed by atoms with Crippen LogP contribution in [0.2, 0.25) is 0 Å². The zero-order valence-electron chi connectivity index (χ0n) is 11.8. The van der Waals surface area contributed by atoms with Gasteiger partial charge in [-0.05, 0) is 25.0 Å². The van der Waals surface area contributed by atoms with Gasteiger partial charge < -0.3 is 4.57 Å². The Bertz CT molecular complexity index is 574. The summed E-state index contributed by atoms with van der Waals surface area (Å²) in [6.07, 6.45) is 1.84. The van der Waals surface area contributed by atoms with Crippen molar-refractivity contribution in [3.05, 3.63) is 24.3 Å². The number of fused-ring (bicyclic) bond motifs is 1. The highest BCUT2D eigenvalue weighted by molar-refractivity contribution is 5.92. The maximum absolute atomic E-state index is 12.0. The van der Waals surface area contributed by atoms with E-state index in [9.17, 15) is 4.79 Å². The number of benzene rings is 1. The lowest BCUT2D eigenvalue weighted by molar-refractivity contribution is -0.119. The molecular weight excluding hydrogens is 238 g/mol. The Labute approximate surface area is 113 Å². The summed E-state index contributed by atoms with van der Waals surface area (Å²) in [4.78, 5) is 16.5. The first kappa shape index (κ1) is 13.6. The van der Waals surface area contributed by atoms with Crippen molar-refractivity contribution in [3.8, 4) is 0 Å². The second kappa shape index (κ2) is 5.87. The fourth-order valence-corrected chi connectivity index (χ4v) is 2.04. The summed E-state index contributed by atoms with van der Waals surface area (Å²) in [6.45, 7) is 6.92. The summed E-state index contributed by atoms with van der Waals surface area (Å²) in [5, 5.41) is 2.95. The van der Waals surface area contributed by atoms with Gasteiger partial charge in [-0.25, -0.2) is 4.98 Å².